The van der Waals surface area contributed by atoms with Crippen LogP contribution in [0.5, 0.6) is 0 Å². The Hall–Kier alpha value is -1.85. The summed E-state index contributed by atoms with van der Waals surface area (Å²) in [5, 5.41) is 12.1. The van der Waals surface area contributed by atoms with Crippen molar-refractivity contribution < 1.29 is 14.7 Å². The van der Waals surface area contributed by atoms with Crippen molar-refractivity contribution in [1.29, 1.82) is 0 Å². The van der Waals surface area contributed by atoms with Crippen LogP contribution in [0.1, 0.15) is 37.1 Å². The minimum absolute atomic E-state index is 0.131. The van der Waals surface area contributed by atoms with Gasteiger partial charge in [-0.1, -0.05) is 23.7 Å². The van der Waals surface area contributed by atoms with Crippen LogP contribution < -0.4 is 5.32 Å². The number of carboxylic acid groups (broad SMARTS) is 1. The average molecular weight is 352 g/mol. The summed E-state index contributed by atoms with van der Waals surface area (Å²) < 4.78 is 0.653. The molecule has 0 saturated heterocycles. The molecule has 2 rings (SSSR count). The largest absolute Gasteiger partial charge is 0.481 e. The Morgan fingerprint density at radius 3 is 2.26 bits per heavy atom. The minimum atomic E-state index is -0.969. The predicted octanol–water partition coefficient (Wildman–Crippen LogP) is 4.51. The summed E-state index contributed by atoms with van der Waals surface area (Å²) in [7, 11) is 0. The zero-order chi connectivity index (χ0) is 17.2. The number of thiophene rings is 1. The second kappa shape index (κ2) is 6.72. The van der Waals surface area contributed by atoms with Crippen LogP contribution in [-0.4, -0.2) is 17.0 Å². The number of rotatable bonds is 5. The molecule has 1 aromatic carbocycles. The Morgan fingerprint density at radius 2 is 1.78 bits per heavy atom. The standard InChI is InChI=1S/C17H18ClNO3S/c1-10(13-8-9-14(18)23-13)15(20)19-12-6-4-11(5-7-12)17(2,3)16(21)22/h4-10H,1-3H3,(H,19,20)(H,21,22). The fourth-order valence-electron chi connectivity index (χ4n) is 2.03. The molecule has 122 valence electrons. The molecule has 1 atom stereocenters. The van der Waals surface area contributed by atoms with Gasteiger partial charge in [0.2, 0.25) is 5.91 Å². The third-order valence-corrected chi connectivity index (χ3v) is 5.24. The number of carboxylic acids is 1. The van der Waals surface area contributed by atoms with Crippen LogP contribution in [0.15, 0.2) is 36.4 Å². The fraction of sp³-hybridized carbons (Fsp3) is 0.294. The third-order valence-electron chi connectivity index (χ3n) is 3.82. The van der Waals surface area contributed by atoms with Gasteiger partial charge in [0.1, 0.15) is 0 Å². The average Bonchev–Trinajstić information content (AvgIpc) is 2.93. The van der Waals surface area contributed by atoms with E-state index in [-0.39, 0.29) is 11.8 Å². The van der Waals surface area contributed by atoms with Gasteiger partial charge in [0.25, 0.3) is 0 Å². The summed E-state index contributed by atoms with van der Waals surface area (Å²) in [5.41, 5.74) is 0.347. The highest BCUT2D eigenvalue weighted by Crippen LogP contribution is 2.29. The molecular formula is C17H18ClNO3S. The number of anilines is 1. The van der Waals surface area contributed by atoms with Gasteiger partial charge in [-0.3, -0.25) is 9.59 Å². The first-order valence-electron chi connectivity index (χ1n) is 7.12. The summed E-state index contributed by atoms with van der Waals surface area (Å²) in [4.78, 5) is 24.4. The Balaban J connectivity index is 2.09. The van der Waals surface area contributed by atoms with E-state index in [1.807, 2.05) is 13.0 Å². The number of halogens is 1. The van der Waals surface area contributed by atoms with Gasteiger partial charge in [-0.2, -0.15) is 0 Å². The summed E-state index contributed by atoms with van der Waals surface area (Å²) in [6.07, 6.45) is 0. The Kier molecular flexibility index (Phi) is 5.12. The molecule has 1 aromatic heterocycles. The van der Waals surface area contributed by atoms with E-state index in [4.69, 9.17) is 11.6 Å². The van der Waals surface area contributed by atoms with Crippen LogP contribution >= 0.6 is 22.9 Å². The van der Waals surface area contributed by atoms with Crippen molar-refractivity contribution >= 4 is 40.5 Å². The van der Waals surface area contributed by atoms with Crippen molar-refractivity contribution in [3.8, 4) is 0 Å². The number of hydrogen-bond donors (Lipinski definition) is 2. The molecule has 0 aliphatic rings. The Bertz CT molecular complexity index is 722. The van der Waals surface area contributed by atoms with Crippen LogP contribution in [0.25, 0.3) is 0 Å². The second-order valence-corrected chi connectivity index (χ2v) is 7.61. The van der Waals surface area contributed by atoms with Crippen LogP contribution in [0.4, 0.5) is 5.69 Å². The lowest BCUT2D eigenvalue weighted by molar-refractivity contribution is -0.142. The predicted molar refractivity (Wildman–Crippen MR) is 93.5 cm³/mol. The molecule has 0 saturated carbocycles. The number of benzene rings is 1. The van der Waals surface area contributed by atoms with E-state index in [1.54, 1.807) is 44.2 Å². The number of aliphatic carboxylic acids is 1. The number of amides is 1. The molecule has 2 aromatic rings. The number of nitrogens with one attached hydrogen (secondary N) is 1. The van der Waals surface area contributed by atoms with Crippen molar-refractivity contribution in [3.05, 3.63) is 51.2 Å². The third kappa shape index (κ3) is 3.92. The van der Waals surface area contributed by atoms with Crippen molar-refractivity contribution in [2.45, 2.75) is 32.1 Å². The lowest BCUT2D eigenvalue weighted by Crippen LogP contribution is -2.28. The lowest BCUT2D eigenvalue weighted by Gasteiger charge is -2.20. The van der Waals surface area contributed by atoms with Gasteiger partial charge in [-0.05, 0) is 50.6 Å². The van der Waals surface area contributed by atoms with Crippen LogP contribution in [0.3, 0.4) is 0 Å². The highest BCUT2D eigenvalue weighted by molar-refractivity contribution is 7.16. The van der Waals surface area contributed by atoms with Crippen LogP contribution in [-0.2, 0) is 15.0 Å². The van der Waals surface area contributed by atoms with Gasteiger partial charge in [0.05, 0.1) is 15.7 Å². The molecule has 0 radical (unpaired) electrons. The van der Waals surface area contributed by atoms with E-state index in [9.17, 15) is 14.7 Å². The summed E-state index contributed by atoms with van der Waals surface area (Å²) >= 11 is 7.28. The quantitative estimate of drug-likeness (QED) is 0.833. The van der Waals surface area contributed by atoms with E-state index < -0.39 is 11.4 Å². The number of carbonyl (C=O) groups excluding carboxylic acids is 1. The fourth-order valence-corrected chi connectivity index (χ4v) is 3.15. The molecule has 0 aliphatic carbocycles. The maximum Gasteiger partial charge on any atom is 0.313 e. The molecule has 1 unspecified atom stereocenters. The van der Waals surface area contributed by atoms with E-state index >= 15 is 0 Å². The maximum atomic E-state index is 12.3. The van der Waals surface area contributed by atoms with E-state index in [0.29, 0.717) is 15.6 Å². The molecule has 2 N–H and O–H groups in total. The SMILES string of the molecule is CC(C(=O)Nc1ccc(C(C)(C)C(=O)O)cc1)c1ccc(Cl)s1. The Labute approximate surface area is 144 Å². The summed E-state index contributed by atoms with van der Waals surface area (Å²) in [6, 6.07) is 10.5. The second-order valence-electron chi connectivity index (χ2n) is 5.86. The maximum absolute atomic E-state index is 12.3. The summed E-state index contributed by atoms with van der Waals surface area (Å²) in [6.45, 7) is 5.11. The molecule has 0 spiro atoms. The van der Waals surface area contributed by atoms with E-state index in [0.717, 1.165) is 4.88 Å². The molecule has 6 heteroatoms. The molecule has 23 heavy (non-hydrogen) atoms. The minimum Gasteiger partial charge on any atom is -0.481 e. The molecular weight excluding hydrogens is 334 g/mol. The topological polar surface area (TPSA) is 66.4 Å². The van der Waals surface area contributed by atoms with Gasteiger partial charge in [0, 0.05) is 10.6 Å². The van der Waals surface area contributed by atoms with Gasteiger partial charge in [0.15, 0.2) is 0 Å². The first-order valence-corrected chi connectivity index (χ1v) is 8.31. The zero-order valence-corrected chi connectivity index (χ0v) is 14.7. The smallest absolute Gasteiger partial charge is 0.313 e. The van der Waals surface area contributed by atoms with E-state index in [1.165, 1.54) is 11.3 Å². The lowest BCUT2D eigenvalue weighted by atomic mass is 9.85. The van der Waals surface area contributed by atoms with Crippen LogP contribution in [0, 0.1) is 0 Å². The zero-order valence-electron chi connectivity index (χ0n) is 13.1. The number of carbonyl (C=O) groups is 2. The summed E-state index contributed by atoms with van der Waals surface area (Å²) in [5.74, 6) is -1.33. The first kappa shape index (κ1) is 17.5. The molecule has 0 bridgehead atoms. The Morgan fingerprint density at radius 1 is 1.17 bits per heavy atom. The highest BCUT2D eigenvalue weighted by atomic mass is 35.5. The van der Waals surface area contributed by atoms with Gasteiger partial charge < -0.3 is 10.4 Å². The monoisotopic (exact) mass is 351 g/mol. The van der Waals surface area contributed by atoms with E-state index in [2.05, 4.69) is 5.32 Å². The van der Waals surface area contributed by atoms with Crippen molar-refractivity contribution in [3.63, 3.8) is 0 Å². The van der Waals surface area contributed by atoms with Gasteiger partial charge in [-0.25, -0.2) is 0 Å². The van der Waals surface area contributed by atoms with Crippen molar-refractivity contribution in [1.82, 2.24) is 0 Å². The van der Waals surface area contributed by atoms with Crippen LogP contribution in [0.2, 0.25) is 4.34 Å². The molecule has 0 aliphatic heterocycles. The molecule has 1 amide bonds. The van der Waals surface area contributed by atoms with Crippen molar-refractivity contribution in [2.24, 2.45) is 0 Å². The molecule has 4 nitrogen and oxygen atoms in total. The number of hydrogen-bond acceptors (Lipinski definition) is 3. The highest BCUT2D eigenvalue weighted by Gasteiger charge is 2.29. The van der Waals surface area contributed by atoms with Gasteiger partial charge >= 0.3 is 5.97 Å². The first-order chi connectivity index (χ1) is 10.7. The van der Waals surface area contributed by atoms with Gasteiger partial charge in [-0.15, -0.1) is 11.3 Å². The normalized spacial score (nSPS) is 12.7. The van der Waals surface area contributed by atoms with Crippen molar-refractivity contribution in [2.75, 3.05) is 5.32 Å². The molecule has 1 heterocycles. The molecule has 0 fully saturated rings.